The van der Waals surface area contributed by atoms with E-state index in [4.69, 9.17) is 4.74 Å². The van der Waals surface area contributed by atoms with E-state index in [1.54, 1.807) is 31.1 Å². The Morgan fingerprint density at radius 1 is 1.04 bits per heavy atom. The second kappa shape index (κ2) is 6.91. The molecule has 0 saturated heterocycles. The number of nitro groups is 1. The van der Waals surface area contributed by atoms with E-state index in [2.05, 4.69) is 0 Å². The number of carbonyl (C=O) groups excluding carboxylic acids is 2. The smallest absolute Gasteiger partial charge is 0.343 e. The number of ketones is 1. The van der Waals surface area contributed by atoms with Crippen LogP contribution in [0.3, 0.4) is 0 Å². The molecule has 0 amide bonds. The SMILES string of the molecule is CC(=O)c1ccc(OC(=O)c2ccc(N(C)C)c([N+](=O)[O-])c2)cc1. The number of anilines is 1. The summed E-state index contributed by atoms with van der Waals surface area (Å²) < 4.78 is 5.18. The van der Waals surface area contributed by atoms with Crippen molar-refractivity contribution in [1.29, 1.82) is 0 Å². The maximum Gasteiger partial charge on any atom is 0.343 e. The molecule has 0 aromatic heterocycles. The standard InChI is InChI=1S/C17H16N2O5/c1-11(20)12-4-7-14(8-5-12)24-17(21)13-6-9-15(18(2)3)16(10-13)19(22)23/h4-10H,1-3H3. The first-order chi connectivity index (χ1) is 11.3. The van der Waals surface area contributed by atoms with Crippen LogP contribution in [0.4, 0.5) is 11.4 Å². The Kier molecular flexibility index (Phi) is 4.93. The molecular weight excluding hydrogens is 312 g/mol. The molecule has 2 aromatic rings. The van der Waals surface area contributed by atoms with E-state index in [9.17, 15) is 19.7 Å². The Morgan fingerprint density at radius 2 is 1.62 bits per heavy atom. The van der Waals surface area contributed by atoms with E-state index in [0.717, 1.165) is 0 Å². The lowest BCUT2D eigenvalue weighted by atomic mass is 10.1. The molecule has 2 rings (SSSR count). The number of esters is 1. The van der Waals surface area contributed by atoms with Crippen LogP contribution in [0.25, 0.3) is 0 Å². The molecule has 124 valence electrons. The van der Waals surface area contributed by atoms with E-state index in [1.807, 2.05) is 0 Å². The zero-order chi connectivity index (χ0) is 17.9. The molecule has 0 unspecified atom stereocenters. The summed E-state index contributed by atoms with van der Waals surface area (Å²) in [6.07, 6.45) is 0. The van der Waals surface area contributed by atoms with E-state index in [0.29, 0.717) is 11.3 Å². The van der Waals surface area contributed by atoms with Gasteiger partial charge in [0.2, 0.25) is 0 Å². The Hall–Kier alpha value is -3.22. The second-order valence-electron chi connectivity index (χ2n) is 5.33. The minimum atomic E-state index is -0.709. The van der Waals surface area contributed by atoms with Crippen molar-refractivity contribution in [3.63, 3.8) is 0 Å². The Bertz CT molecular complexity index is 797. The van der Waals surface area contributed by atoms with Crippen molar-refractivity contribution in [2.45, 2.75) is 6.92 Å². The van der Waals surface area contributed by atoms with Crippen molar-refractivity contribution in [3.8, 4) is 5.75 Å². The summed E-state index contributed by atoms with van der Waals surface area (Å²) >= 11 is 0. The van der Waals surface area contributed by atoms with Crippen molar-refractivity contribution in [2.75, 3.05) is 19.0 Å². The van der Waals surface area contributed by atoms with Gasteiger partial charge in [-0.1, -0.05) is 0 Å². The van der Waals surface area contributed by atoms with Crippen LogP contribution in [0.1, 0.15) is 27.6 Å². The van der Waals surface area contributed by atoms with Gasteiger partial charge in [0.15, 0.2) is 5.78 Å². The highest BCUT2D eigenvalue weighted by atomic mass is 16.6. The first-order valence-electron chi connectivity index (χ1n) is 7.08. The Labute approximate surface area is 138 Å². The van der Waals surface area contributed by atoms with Gasteiger partial charge in [-0.15, -0.1) is 0 Å². The van der Waals surface area contributed by atoms with E-state index in [1.165, 1.54) is 37.3 Å². The number of nitrogens with zero attached hydrogens (tertiary/aromatic N) is 2. The van der Waals surface area contributed by atoms with Crippen molar-refractivity contribution in [3.05, 3.63) is 63.7 Å². The number of Topliss-reactive ketones (excluding diaryl/α,β-unsaturated/α-hetero) is 1. The molecule has 7 nitrogen and oxygen atoms in total. The molecule has 0 spiro atoms. The highest BCUT2D eigenvalue weighted by Crippen LogP contribution is 2.28. The van der Waals surface area contributed by atoms with Gasteiger partial charge in [-0.2, -0.15) is 0 Å². The molecule has 0 saturated carbocycles. The van der Waals surface area contributed by atoms with Gasteiger partial charge in [-0.05, 0) is 43.3 Å². The van der Waals surface area contributed by atoms with E-state index < -0.39 is 10.9 Å². The van der Waals surface area contributed by atoms with Crippen molar-refractivity contribution >= 4 is 23.1 Å². The van der Waals surface area contributed by atoms with Gasteiger partial charge in [0, 0.05) is 25.7 Å². The van der Waals surface area contributed by atoms with Crippen molar-refractivity contribution in [2.24, 2.45) is 0 Å². The van der Waals surface area contributed by atoms with Gasteiger partial charge in [-0.25, -0.2) is 4.79 Å². The summed E-state index contributed by atoms with van der Waals surface area (Å²) in [4.78, 5) is 35.6. The topological polar surface area (TPSA) is 89.8 Å². The van der Waals surface area contributed by atoms with E-state index >= 15 is 0 Å². The molecule has 0 aliphatic rings. The van der Waals surface area contributed by atoms with Gasteiger partial charge in [-0.3, -0.25) is 14.9 Å². The molecule has 0 atom stereocenters. The minimum Gasteiger partial charge on any atom is -0.423 e. The molecule has 2 aromatic carbocycles. The van der Waals surface area contributed by atoms with Crippen LogP contribution >= 0.6 is 0 Å². The highest BCUT2D eigenvalue weighted by Gasteiger charge is 2.19. The molecule has 0 aliphatic heterocycles. The quantitative estimate of drug-likeness (QED) is 0.275. The Morgan fingerprint density at radius 3 is 2.12 bits per heavy atom. The fourth-order valence-electron chi connectivity index (χ4n) is 2.10. The summed E-state index contributed by atoms with van der Waals surface area (Å²) in [5.41, 5.74) is 0.785. The molecule has 0 aliphatic carbocycles. The average molecular weight is 328 g/mol. The third-order valence-corrected chi connectivity index (χ3v) is 3.36. The van der Waals surface area contributed by atoms with Gasteiger partial charge in [0.05, 0.1) is 10.5 Å². The molecule has 0 N–H and O–H groups in total. The van der Waals surface area contributed by atoms with Crippen LogP contribution < -0.4 is 9.64 Å². The third kappa shape index (κ3) is 3.75. The number of nitro benzene ring substituents is 1. The molecule has 0 bridgehead atoms. The average Bonchev–Trinajstić information content (AvgIpc) is 2.54. The molecule has 0 heterocycles. The summed E-state index contributed by atoms with van der Waals surface area (Å²) in [6, 6.07) is 10.2. The van der Waals surface area contributed by atoms with Gasteiger partial charge >= 0.3 is 5.97 Å². The lowest BCUT2D eigenvalue weighted by Gasteiger charge is -2.13. The molecule has 24 heavy (non-hydrogen) atoms. The lowest BCUT2D eigenvalue weighted by Crippen LogP contribution is -2.13. The largest absolute Gasteiger partial charge is 0.423 e. The number of hydrogen-bond acceptors (Lipinski definition) is 6. The maximum atomic E-state index is 12.2. The maximum absolute atomic E-state index is 12.2. The zero-order valence-electron chi connectivity index (χ0n) is 13.5. The summed E-state index contributed by atoms with van der Waals surface area (Å²) in [5.74, 6) is -0.550. The van der Waals surface area contributed by atoms with Crippen LogP contribution in [0.2, 0.25) is 0 Å². The molecule has 0 fully saturated rings. The summed E-state index contributed by atoms with van der Waals surface area (Å²) in [5, 5.41) is 11.2. The van der Waals surface area contributed by atoms with Gasteiger partial charge in [0.1, 0.15) is 11.4 Å². The number of ether oxygens (including phenoxy) is 1. The first-order valence-corrected chi connectivity index (χ1v) is 7.08. The Balaban J connectivity index is 2.25. The van der Waals surface area contributed by atoms with E-state index in [-0.39, 0.29) is 22.8 Å². The highest BCUT2D eigenvalue weighted by molar-refractivity contribution is 5.95. The predicted molar refractivity (Wildman–Crippen MR) is 88.8 cm³/mol. The fourth-order valence-corrected chi connectivity index (χ4v) is 2.10. The number of hydrogen-bond donors (Lipinski definition) is 0. The van der Waals surface area contributed by atoms with Gasteiger partial charge < -0.3 is 9.64 Å². The van der Waals surface area contributed by atoms with Crippen LogP contribution in [0.15, 0.2) is 42.5 Å². The fraction of sp³-hybridized carbons (Fsp3) is 0.176. The lowest BCUT2D eigenvalue weighted by molar-refractivity contribution is -0.384. The van der Waals surface area contributed by atoms with Crippen molar-refractivity contribution < 1.29 is 19.2 Å². The number of carbonyl (C=O) groups is 2. The summed E-state index contributed by atoms with van der Waals surface area (Å²) in [7, 11) is 3.35. The molecule has 0 radical (unpaired) electrons. The second-order valence-corrected chi connectivity index (χ2v) is 5.33. The number of rotatable bonds is 5. The summed E-state index contributed by atoms with van der Waals surface area (Å²) in [6.45, 7) is 1.44. The van der Waals surface area contributed by atoms with Crippen LogP contribution in [0, 0.1) is 10.1 Å². The van der Waals surface area contributed by atoms with Crippen molar-refractivity contribution in [1.82, 2.24) is 0 Å². The number of benzene rings is 2. The zero-order valence-corrected chi connectivity index (χ0v) is 13.5. The minimum absolute atomic E-state index is 0.0722. The predicted octanol–water partition coefficient (Wildman–Crippen LogP) is 3.08. The third-order valence-electron chi connectivity index (χ3n) is 3.36. The van der Waals surface area contributed by atoms with Crippen LogP contribution in [-0.4, -0.2) is 30.8 Å². The van der Waals surface area contributed by atoms with Gasteiger partial charge in [0.25, 0.3) is 5.69 Å². The van der Waals surface area contributed by atoms with Crippen LogP contribution in [0.5, 0.6) is 5.75 Å². The monoisotopic (exact) mass is 328 g/mol. The first kappa shape index (κ1) is 17.1. The molecule has 7 heteroatoms. The molecular formula is C17H16N2O5. The normalized spacial score (nSPS) is 10.1. The van der Waals surface area contributed by atoms with Crippen LogP contribution in [-0.2, 0) is 0 Å².